The van der Waals surface area contributed by atoms with E-state index in [2.05, 4.69) is 77.1 Å². The summed E-state index contributed by atoms with van der Waals surface area (Å²) in [5.74, 6) is 0. The minimum atomic E-state index is 0.509. The highest BCUT2D eigenvalue weighted by atomic mass is 79.9. The topological polar surface area (TPSA) is 18.5 Å². The van der Waals surface area contributed by atoms with Gasteiger partial charge in [-0.1, -0.05) is 35.8 Å². The first-order valence-electron chi connectivity index (χ1n) is 7.94. The molecule has 1 aliphatic heterocycles. The maximum atomic E-state index is 3.64. The second kappa shape index (κ2) is 7.61. The predicted octanol–water partition coefficient (Wildman–Crippen LogP) is 3.48. The molecule has 0 aromatic heterocycles. The first-order chi connectivity index (χ1) is 9.97. The van der Waals surface area contributed by atoms with Crippen LogP contribution in [0.25, 0.3) is 0 Å². The van der Waals surface area contributed by atoms with Crippen molar-refractivity contribution < 1.29 is 0 Å². The number of rotatable bonds is 4. The van der Waals surface area contributed by atoms with Crippen molar-refractivity contribution in [3.05, 3.63) is 28.2 Å². The molecule has 1 saturated heterocycles. The Balaban J connectivity index is 2.25. The smallest absolute Gasteiger partial charge is 0.0426 e. The molecule has 0 aliphatic carbocycles. The Labute approximate surface area is 137 Å². The van der Waals surface area contributed by atoms with Crippen molar-refractivity contribution in [2.45, 2.75) is 45.8 Å². The highest BCUT2D eigenvalue weighted by Gasteiger charge is 2.22. The standard InChI is InChI=1S/C17H28BrN3/c1-13(2)19-11-15-6-7-16(18)10-17(15)21-9-5-8-20(4)12-14(21)3/h6-7,10,13-14,19H,5,8-9,11-12H2,1-4H3. The molecule has 0 saturated carbocycles. The lowest BCUT2D eigenvalue weighted by molar-refractivity contribution is 0.337. The van der Waals surface area contributed by atoms with Crippen LogP contribution in [0, 0.1) is 0 Å². The Bertz CT molecular complexity index is 461. The molecule has 1 N–H and O–H groups in total. The van der Waals surface area contributed by atoms with Gasteiger partial charge in [-0.25, -0.2) is 0 Å². The molecule has 0 amide bonds. The molecule has 118 valence electrons. The molecule has 0 radical (unpaired) electrons. The van der Waals surface area contributed by atoms with E-state index in [-0.39, 0.29) is 0 Å². The van der Waals surface area contributed by atoms with Gasteiger partial charge in [-0.3, -0.25) is 0 Å². The van der Waals surface area contributed by atoms with Gasteiger partial charge in [-0.2, -0.15) is 0 Å². The molecule has 1 atom stereocenters. The number of anilines is 1. The monoisotopic (exact) mass is 353 g/mol. The average molecular weight is 354 g/mol. The number of nitrogens with zero attached hydrogens (tertiary/aromatic N) is 2. The van der Waals surface area contributed by atoms with Crippen molar-refractivity contribution in [2.24, 2.45) is 0 Å². The molecule has 1 aliphatic rings. The molecular formula is C17H28BrN3. The van der Waals surface area contributed by atoms with Crippen molar-refractivity contribution >= 4 is 21.6 Å². The molecular weight excluding hydrogens is 326 g/mol. The van der Waals surface area contributed by atoms with Gasteiger partial charge in [0.05, 0.1) is 0 Å². The zero-order valence-electron chi connectivity index (χ0n) is 13.7. The summed E-state index contributed by atoms with van der Waals surface area (Å²) in [7, 11) is 2.22. The van der Waals surface area contributed by atoms with Crippen LogP contribution in [0.4, 0.5) is 5.69 Å². The maximum absolute atomic E-state index is 3.64. The van der Waals surface area contributed by atoms with Crippen molar-refractivity contribution in [1.82, 2.24) is 10.2 Å². The molecule has 0 spiro atoms. The van der Waals surface area contributed by atoms with Gasteiger partial charge in [0.25, 0.3) is 0 Å². The molecule has 0 bridgehead atoms. The second-order valence-corrected chi connectivity index (χ2v) is 7.38. The lowest BCUT2D eigenvalue weighted by Crippen LogP contribution is -2.38. The fourth-order valence-electron chi connectivity index (χ4n) is 3.00. The van der Waals surface area contributed by atoms with Gasteiger partial charge in [-0.15, -0.1) is 0 Å². The Morgan fingerprint density at radius 2 is 2.10 bits per heavy atom. The third-order valence-corrected chi connectivity index (χ3v) is 4.60. The normalized spacial score (nSPS) is 20.9. The largest absolute Gasteiger partial charge is 0.367 e. The van der Waals surface area contributed by atoms with Crippen LogP contribution in [0.1, 0.15) is 32.8 Å². The summed E-state index contributed by atoms with van der Waals surface area (Å²) >= 11 is 3.64. The third-order valence-electron chi connectivity index (χ3n) is 4.10. The predicted molar refractivity (Wildman–Crippen MR) is 95.0 cm³/mol. The van der Waals surface area contributed by atoms with E-state index in [4.69, 9.17) is 0 Å². The van der Waals surface area contributed by atoms with Gasteiger partial charge in [-0.05, 0) is 44.6 Å². The minimum Gasteiger partial charge on any atom is -0.367 e. The number of hydrogen-bond donors (Lipinski definition) is 1. The zero-order chi connectivity index (χ0) is 15.4. The molecule has 2 rings (SSSR count). The Kier molecular flexibility index (Phi) is 6.08. The van der Waals surface area contributed by atoms with E-state index in [1.54, 1.807) is 0 Å². The number of halogens is 1. The fraction of sp³-hybridized carbons (Fsp3) is 0.647. The summed E-state index contributed by atoms with van der Waals surface area (Å²) in [5, 5.41) is 3.55. The maximum Gasteiger partial charge on any atom is 0.0426 e. The summed E-state index contributed by atoms with van der Waals surface area (Å²) < 4.78 is 1.16. The molecule has 1 unspecified atom stereocenters. The minimum absolute atomic E-state index is 0.509. The van der Waals surface area contributed by atoms with E-state index in [0.29, 0.717) is 12.1 Å². The van der Waals surface area contributed by atoms with Gasteiger partial charge in [0.2, 0.25) is 0 Å². The van der Waals surface area contributed by atoms with Gasteiger partial charge in [0.1, 0.15) is 0 Å². The summed E-state index contributed by atoms with van der Waals surface area (Å²) in [5.41, 5.74) is 2.77. The zero-order valence-corrected chi connectivity index (χ0v) is 15.3. The van der Waals surface area contributed by atoms with Crippen LogP contribution in [-0.4, -0.2) is 43.7 Å². The Morgan fingerprint density at radius 1 is 1.33 bits per heavy atom. The van der Waals surface area contributed by atoms with Crippen LogP contribution in [0.15, 0.2) is 22.7 Å². The number of likely N-dealkylation sites (N-methyl/N-ethyl adjacent to an activating group) is 1. The summed E-state index contributed by atoms with van der Waals surface area (Å²) in [6.07, 6.45) is 1.23. The van der Waals surface area contributed by atoms with E-state index in [9.17, 15) is 0 Å². The lowest BCUT2D eigenvalue weighted by atomic mass is 10.1. The van der Waals surface area contributed by atoms with Crippen LogP contribution in [0.3, 0.4) is 0 Å². The van der Waals surface area contributed by atoms with Gasteiger partial charge >= 0.3 is 0 Å². The average Bonchev–Trinajstić information content (AvgIpc) is 2.57. The Morgan fingerprint density at radius 3 is 2.81 bits per heavy atom. The number of nitrogens with one attached hydrogen (secondary N) is 1. The van der Waals surface area contributed by atoms with Gasteiger partial charge in [0.15, 0.2) is 0 Å². The van der Waals surface area contributed by atoms with Crippen LogP contribution >= 0.6 is 15.9 Å². The first kappa shape index (κ1) is 16.8. The molecule has 4 heteroatoms. The fourth-order valence-corrected chi connectivity index (χ4v) is 3.35. The summed E-state index contributed by atoms with van der Waals surface area (Å²) in [4.78, 5) is 5.01. The first-order valence-corrected chi connectivity index (χ1v) is 8.73. The molecule has 1 aromatic rings. The van der Waals surface area contributed by atoms with Crippen LogP contribution in [0.2, 0.25) is 0 Å². The SMILES string of the molecule is CC(C)NCc1ccc(Br)cc1N1CCCN(C)CC1C. The highest BCUT2D eigenvalue weighted by molar-refractivity contribution is 9.10. The molecule has 1 aromatic carbocycles. The molecule has 21 heavy (non-hydrogen) atoms. The van der Waals surface area contributed by atoms with E-state index < -0.39 is 0 Å². The van der Waals surface area contributed by atoms with Crippen LogP contribution < -0.4 is 10.2 Å². The molecule has 1 fully saturated rings. The lowest BCUT2D eigenvalue weighted by Gasteiger charge is -2.32. The van der Waals surface area contributed by atoms with Crippen molar-refractivity contribution in [2.75, 3.05) is 31.6 Å². The molecule has 1 heterocycles. The van der Waals surface area contributed by atoms with E-state index in [1.165, 1.54) is 24.2 Å². The van der Waals surface area contributed by atoms with E-state index >= 15 is 0 Å². The second-order valence-electron chi connectivity index (χ2n) is 6.47. The summed E-state index contributed by atoms with van der Waals surface area (Å²) in [6, 6.07) is 7.73. The van der Waals surface area contributed by atoms with Gasteiger partial charge < -0.3 is 15.1 Å². The van der Waals surface area contributed by atoms with E-state index in [0.717, 1.165) is 24.1 Å². The van der Waals surface area contributed by atoms with Crippen molar-refractivity contribution in [3.8, 4) is 0 Å². The highest BCUT2D eigenvalue weighted by Crippen LogP contribution is 2.28. The Hall–Kier alpha value is -0.580. The van der Waals surface area contributed by atoms with Crippen LogP contribution in [0.5, 0.6) is 0 Å². The third kappa shape index (κ3) is 4.70. The van der Waals surface area contributed by atoms with E-state index in [1.807, 2.05) is 0 Å². The van der Waals surface area contributed by atoms with Crippen molar-refractivity contribution in [3.63, 3.8) is 0 Å². The van der Waals surface area contributed by atoms with Crippen molar-refractivity contribution in [1.29, 1.82) is 0 Å². The van der Waals surface area contributed by atoms with Crippen LogP contribution in [-0.2, 0) is 6.54 Å². The quantitative estimate of drug-likeness (QED) is 0.893. The molecule has 3 nitrogen and oxygen atoms in total. The number of hydrogen-bond acceptors (Lipinski definition) is 3. The van der Waals surface area contributed by atoms with Gasteiger partial charge in [0, 0.05) is 41.9 Å². The number of benzene rings is 1. The summed E-state index contributed by atoms with van der Waals surface area (Å²) in [6.45, 7) is 11.1.